The van der Waals surface area contributed by atoms with E-state index in [2.05, 4.69) is 40.2 Å². The standard InChI is InChI=1S/C23H29N3O2/c1-25(2)22(27)23(17-26(11-12-28-23)16-18-8-9-18)14-19-5-3-6-20(13-19)21-7-4-10-24-15-21/h3-7,10,13,15,18H,8-9,11-12,14,16-17H2,1-2H3/t23-/m0/s1. The molecular weight excluding hydrogens is 350 g/mol. The van der Waals surface area contributed by atoms with E-state index in [4.69, 9.17) is 4.74 Å². The van der Waals surface area contributed by atoms with Gasteiger partial charge in [-0.05, 0) is 41.5 Å². The topological polar surface area (TPSA) is 45.7 Å². The van der Waals surface area contributed by atoms with E-state index in [1.54, 1.807) is 11.1 Å². The molecule has 2 heterocycles. The number of pyridine rings is 1. The minimum absolute atomic E-state index is 0.0553. The number of rotatable bonds is 6. The molecule has 2 fully saturated rings. The van der Waals surface area contributed by atoms with Crippen LogP contribution < -0.4 is 0 Å². The Kier molecular flexibility index (Phi) is 5.47. The first-order chi connectivity index (χ1) is 13.6. The number of carbonyl (C=O) groups excluding carboxylic acids is 1. The van der Waals surface area contributed by atoms with Gasteiger partial charge in [0.15, 0.2) is 5.60 Å². The van der Waals surface area contributed by atoms with Crippen LogP contribution in [0.25, 0.3) is 11.1 Å². The molecule has 0 unspecified atom stereocenters. The molecule has 0 bridgehead atoms. The summed E-state index contributed by atoms with van der Waals surface area (Å²) in [6.07, 6.45) is 6.87. The number of benzene rings is 1. The number of hydrogen-bond donors (Lipinski definition) is 0. The number of likely N-dealkylation sites (N-methyl/N-ethyl adjacent to an activating group) is 1. The summed E-state index contributed by atoms with van der Waals surface area (Å²) in [5.41, 5.74) is 2.50. The molecule has 1 saturated heterocycles. The van der Waals surface area contributed by atoms with E-state index in [1.807, 2.05) is 26.4 Å². The number of amides is 1. The van der Waals surface area contributed by atoms with Gasteiger partial charge in [-0.1, -0.05) is 30.3 Å². The van der Waals surface area contributed by atoms with Gasteiger partial charge in [-0.25, -0.2) is 0 Å². The Morgan fingerprint density at radius 2 is 2.07 bits per heavy atom. The van der Waals surface area contributed by atoms with E-state index >= 15 is 0 Å². The molecule has 0 N–H and O–H groups in total. The molecule has 1 amide bonds. The molecule has 1 atom stereocenters. The number of carbonyl (C=O) groups is 1. The van der Waals surface area contributed by atoms with Gasteiger partial charge < -0.3 is 9.64 Å². The summed E-state index contributed by atoms with van der Waals surface area (Å²) in [7, 11) is 3.64. The van der Waals surface area contributed by atoms with Crippen LogP contribution in [0.5, 0.6) is 0 Å². The molecule has 0 spiro atoms. The Bertz CT molecular complexity index is 820. The lowest BCUT2D eigenvalue weighted by Crippen LogP contribution is -2.61. The molecule has 148 valence electrons. The fraction of sp³-hybridized carbons (Fsp3) is 0.478. The largest absolute Gasteiger partial charge is 0.362 e. The first-order valence-electron chi connectivity index (χ1n) is 10.1. The van der Waals surface area contributed by atoms with E-state index < -0.39 is 5.60 Å². The summed E-state index contributed by atoms with van der Waals surface area (Å²) in [6, 6.07) is 12.4. The highest BCUT2D eigenvalue weighted by atomic mass is 16.5. The van der Waals surface area contributed by atoms with Crippen LogP contribution in [0.15, 0.2) is 48.8 Å². The molecule has 1 aromatic carbocycles. The van der Waals surface area contributed by atoms with Gasteiger partial charge in [-0.2, -0.15) is 0 Å². The second-order valence-electron chi connectivity index (χ2n) is 8.34. The van der Waals surface area contributed by atoms with Crippen molar-refractivity contribution in [1.82, 2.24) is 14.8 Å². The highest BCUT2D eigenvalue weighted by Gasteiger charge is 2.45. The van der Waals surface area contributed by atoms with Crippen LogP contribution in [0.3, 0.4) is 0 Å². The molecule has 5 heteroatoms. The van der Waals surface area contributed by atoms with Crippen LogP contribution in [-0.4, -0.2) is 66.6 Å². The minimum atomic E-state index is -0.815. The fourth-order valence-corrected chi connectivity index (χ4v) is 4.12. The van der Waals surface area contributed by atoms with Crippen molar-refractivity contribution in [2.45, 2.75) is 24.9 Å². The predicted molar refractivity (Wildman–Crippen MR) is 110 cm³/mol. The Morgan fingerprint density at radius 1 is 1.25 bits per heavy atom. The zero-order chi connectivity index (χ0) is 19.6. The molecule has 28 heavy (non-hydrogen) atoms. The second kappa shape index (κ2) is 8.02. The Labute approximate surface area is 167 Å². The van der Waals surface area contributed by atoms with Crippen molar-refractivity contribution in [1.29, 1.82) is 0 Å². The molecule has 2 aliphatic rings. The van der Waals surface area contributed by atoms with Crippen molar-refractivity contribution in [2.24, 2.45) is 5.92 Å². The van der Waals surface area contributed by atoms with E-state index in [1.165, 1.54) is 12.8 Å². The molecule has 2 aromatic rings. The molecule has 1 saturated carbocycles. The molecule has 5 nitrogen and oxygen atoms in total. The van der Waals surface area contributed by atoms with Gasteiger partial charge in [0, 0.05) is 52.5 Å². The Balaban J connectivity index is 1.60. The van der Waals surface area contributed by atoms with E-state index in [0.29, 0.717) is 19.6 Å². The summed E-state index contributed by atoms with van der Waals surface area (Å²) < 4.78 is 6.23. The number of hydrogen-bond acceptors (Lipinski definition) is 4. The van der Waals surface area contributed by atoms with Gasteiger partial charge in [-0.15, -0.1) is 0 Å². The maximum Gasteiger partial charge on any atom is 0.255 e. The van der Waals surface area contributed by atoms with Gasteiger partial charge >= 0.3 is 0 Å². The molecule has 1 aliphatic carbocycles. The maximum absolute atomic E-state index is 13.2. The average Bonchev–Trinajstić information content (AvgIpc) is 3.52. The maximum atomic E-state index is 13.2. The van der Waals surface area contributed by atoms with Crippen molar-refractivity contribution in [3.05, 3.63) is 54.4 Å². The SMILES string of the molecule is CN(C)C(=O)[C@]1(Cc2cccc(-c3cccnc3)c2)CN(CC2CC2)CCO1. The van der Waals surface area contributed by atoms with E-state index in [9.17, 15) is 4.79 Å². The summed E-state index contributed by atoms with van der Waals surface area (Å²) in [6.45, 7) is 3.27. The van der Waals surface area contributed by atoms with Crippen LogP contribution in [-0.2, 0) is 16.0 Å². The quantitative estimate of drug-likeness (QED) is 0.774. The van der Waals surface area contributed by atoms with Crippen LogP contribution in [0.1, 0.15) is 18.4 Å². The molecule has 1 aromatic heterocycles. The third-order valence-corrected chi connectivity index (χ3v) is 5.69. The second-order valence-corrected chi connectivity index (χ2v) is 8.34. The normalized spacial score (nSPS) is 22.8. The molecule has 1 aliphatic heterocycles. The van der Waals surface area contributed by atoms with Crippen molar-refractivity contribution in [3.8, 4) is 11.1 Å². The lowest BCUT2D eigenvalue weighted by Gasteiger charge is -2.43. The number of ether oxygens (including phenoxy) is 1. The van der Waals surface area contributed by atoms with Crippen molar-refractivity contribution in [3.63, 3.8) is 0 Å². The number of aromatic nitrogens is 1. The summed E-state index contributed by atoms with van der Waals surface area (Å²) in [5.74, 6) is 0.860. The van der Waals surface area contributed by atoms with Crippen LogP contribution in [0, 0.1) is 5.92 Å². The first-order valence-corrected chi connectivity index (χ1v) is 10.1. The van der Waals surface area contributed by atoms with Crippen LogP contribution in [0.4, 0.5) is 0 Å². The zero-order valence-electron chi connectivity index (χ0n) is 16.8. The van der Waals surface area contributed by atoms with Crippen molar-refractivity contribution < 1.29 is 9.53 Å². The summed E-state index contributed by atoms with van der Waals surface area (Å²) in [4.78, 5) is 21.5. The van der Waals surface area contributed by atoms with E-state index in [0.717, 1.165) is 35.7 Å². The monoisotopic (exact) mass is 379 g/mol. The lowest BCUT2D eigenvalue weighted by molar-refractivity contribution is -0.168. The average molecular weight is 380 g/mol. The minimum Gasteiger partial charge on any atom is -0.362 e. The third kappa shape index (κ3) is 4.26. The first kappa shape index (κ1) is 19.1. The third-order valence-electron chi connectivity index (χ3n) is 5.69. The number of morpholine rings is 1. The van der Waals surface area contributed by atoms with Crippen molar-refractivity contribution in [2.75, 3.05) is 40.3 Å². The predicted octanol–water partition coefficient (Wildman–Crippen LogP) is 2.86. The van der Waals surface area contributed by atoms with E-state index in [-0.39, 0.29) is 5.91 Å². The van der Waals surface area contributed by atoms with Gasteiger partial charge in [-0.3, -0.25) is 14.7 Å². The zero-order valence-corrected chi connectivity index (χ0v) is 16.8. The highest BCUT2D eigenvalue weighted by Crippen LogP contribution is 2.33. The molecular formula is C23H29N3O2. The van der Waals surface area contributed by atoms with Gasteiger partial charge in [0.1, 0.15) is 0 Å². The summed E-state index contributed by atoms with van der Waals surface area (Å²) in [5, 5.41) is 0. The van der Waals surface area contributed by atoms with Crippen LogP contribution in [0.2, 0.25) is 0 Å². The van der Waals surface area contributed by atoms with Crippen molar-refractivity contribution >= 4 is 5.91 Å². The molecule has 0 radical (unpaired) electrons. The number of nitrogens with zero attached hydrogens (tertiary/aromatic N) is 3. The summed E-state index contributed by atoms with van der Waals surface area (Å²) >= 11 is 0. The van der Waals surface area contributed by atoms with Gasteiger partial charge in [0.25, 0.3) is 5.91 Å². The fourth-order valence-electron chi connectivity index (χ4n) is 4.12. The Hall–Kier alpha value is -2.24. The highest BCUT2D eigenvalue weighted by molar-refractivity contribution is 5.86. The smallest absolute Gasteiger partial charge is 0.255 e. The lowest BCUT2D eigenvalue weighted by atomic mass is 9.89. The van der Waals surface area contributed by atoms with Gasteiger partial charge in [0.05, 0.1) is 6.61 Å². The van der Waals surface area contributed by atoms with Crippen LogP contribution >= 0.6 is 0 Å². The molecule has 4 rings (SSSR count). The van der Waals surface area contributed by atoms with Gasteiger partial charge in [0.2, 0.25) is 0 Å². The Morgan fingerprint density at radius 3 is 2.79 bits per heavy atom.